The highest BCUT2D eigenvalue weighted by molar-refractivity contribution is 5.87. The van der Waals surface area contributed by atoms with Crippen molar-refractivity contribution in [1.82, 2.24) is 15.0 Å². The summed E-state index contributed by atoms with van der Waals surface area (Å²) in [6, 6.07) is 8.80. The van der Waals surface area contributed by atoms with Crippen LogP contribution in [0, 0.1) is 11.8 Å². The van der Waals surface area contributed by atoms with E-state index in [9.17, 15) is 14.7 Å². The first-order valence-corrected chi connectivity index (χ1v) is 7.71. The van der Waals surface area contributed by atoms with Gasteiger partial charge in [0.1, 0.15) is 0 Å². The van der Waals surface area contributed by atoms with Crippen LogP contribution in [0.3, 0.4) is 0 Å². The van der Waals surface area contributed by atoms with Crippen molar-refractivity contribution in [1.29, 1.82) is 0 Å². The zero-order chi connectivity index (χ0) is 17.1. The second-order valence-electron chi connectivity index (χ2n) is 6.00. The Hall–Kier alpha value is -2.90. The number of likely N-dealkylation sites (tertiary alicyclic amines) is 1. The summed E-state index contributed by atoms with van der Waals surface area (Å²) in [4.78, 5) is 29.1. The number of amides is 2. The highest BCUT2D eigenvalue weighted by Crippen LogP contribution is 2.23. The summed E-state index contributed by atoms with van der Waals surface area (Å²) in [7, 11) is 0. The van der Waals surface area contributed by atoms with Crippen LogP contribution in [0.25, 0.3) is 11.4 Å². The minimum atomic E-state index is -0.886. The normalized spacial score (nSPS) is 20.6. The Bertz CT molecular complexity index is 731. The van der Waals surface area contributed by atoms with Gasteiger partial charge in [0.05, 0.1) is 5.92 Å². The smallest absolute Gasteiger partial charge is 0.329 e. The lowest BCUT2D eigenvalue weighted by atomic mass is 9.91. The molecule has 2 heterocycles. The van der Waals surface area contributed by atoms with E-state index in [0.29, 0.717) is 18.8 Å². The van der Waals surface area contributed by atoms with Gasteiger partial charge in [-0.2, -0.15) is 4.98 Å². The van der Waals surface area contributed by atoms with E-state index < -0.39 is 17.9 Å². The van der Waals surface area contributed by atoms with E-state index in [0.717, 1.165) is 5.56 Å². The summed E-state index contributed by atoms with van der Waals surface area (Å²) >= 11 is 0. The lowest BCUT2D eigenvalue weighted by Gasteiger charge is -2.34. The molecule has 0 radical (unpaired) electrons. The first-order chi connectivity index (χ1) is 11.5. The molecule has 2 amide bonds. The molecule has 1 saturated heterocycles. The van der Waals surface area contributed by atoms with Crippen LogP contribution in [0.4, 0.5) is 10.8 Å². The van der Waals surface area contributed by atoms with Crippen LogP contribution in [0.2, 0.25) is 0 Å². The molecule has 2 N–H and O–H groups in total. The van der Waals surface area contributed by atoms with Gasteiger partial charge in [-0.25, -0.2) is 4.79 Å². The van der Waals surface area contributed by atoms with Crippen molar-refractivity contribution < 1.29 is 19.2 Å². The van der Waals surface area contributed by atoms with E-state index >= 15 is 0 Å². The number of hydrogen-bond donors (Lipinski definition) is 2. The standard InChI is InChI=1S/C16H18N4O4/c1-10-7-12(14(21)22)9-20(8-10)16(23)18-15-17-13(19-24-15)11-5-3-2-4-6-11/h2-6,10,12H,7-9H2,1H3,(H,21,22)(H,17,18,19,23). The number of carboxylic acids is 1. The largest absolute Gasteiger partial charge is 0.481 e. The Labute approximate surface area is 138 Å². The monoisotopic (exact) mass is 330 g/mol. The summed E-state index contributed by atoms with van der Waals surface area (Å²) in [5.41, 5.74) is 0.777. The number of piperidine rings is 1. The van der Waals surface area contributed by atoms with Crippen molar-refractivity contribution in [2.24, 2.45) is 11.8 Å². The van der Waals surface area contributed by atoms with E-state index in [1.165, 1.54) is 4.90 Å². The van der Waals surface area contributed by atoms with Crippen molar-refractivity contribution >= 4 is 18.0 Å². The molecule has 126 valence electrons. The number of aliphatic carboxylic acids is 1. The fraction of sp³-hybridized carbons (Fsp3) is 0.375. The van der Waals surface area contributed by atoms with Crippen molar-refractivity contribution in [2.75, 3.05) is 18.4 Å². The van der Waals surface area contributed by atoms with Crippen molar-refractivity contribution in [3.05, 3.63) is 30.3 Å². The number of anilines is 1. The molecule has 2 aromatic rings. The molecule has 1 aromatic carbocycles. The van der Waals surface area contributed by atoms with E-state index in [1.807, 2.05) is 37.3 Å². The predicted octanol–water partition coefficient (Wildman–Crippen LogP) is 2.31. The number of carbonyl (C=O) groups is 2. The fourth-order valence-electron chi connectivity index (χ4n) is 2.85. The average Bonchev–Trinajstić information content (AvgIpc) is 3.03. The molecule has 8 heteroatoms. The Kier molecular flexibility index (Phi) is 4.45. The number of nitrogens with zero attached hydrogens (tertiary/aromatic N) is 3. The Morgan fingerprint density at radius 1 is 1.29 bits per heavy atom. The summed E-state index contributed by atoms with van der Waals surface area (Å²) in [6.45, 7) is 2.59. The predicted molar refractivity (Wildman–Crippen MR) is 85.2 cm³/mol. The minimum absolute atomic E-state index is 0.0102. The molecule has 0 bridgehead atoms. The average molecular weight is 330 g/mol. The Morgan fingerprint density at radius 2 is 2.04 bits per heavy atom. The molecular weight excluding hydrogens is 312 g/mol. The van der Waals surface area contributed by atoms with E-state index in [-0.39, 0.29) is 18.5 Å². The third kappa shape index (κ3) is 3.53. The Morgan fingerprint density at radius 3 is 2.75 bits per heavy atom. The Balaban J connectivity index is 1.67. The van der Waals surface area contributed by atoms with Crippen molar-refractivity contribution in [3.63, 3.8) is 0 Å². The van der Waals surface area contributed by atoms with Crippen LogP contribution in [0.1, 0.15) is 13.3 Å². The highest BCUT2D eigenvalue weighted by Gasteiger charge is 2.32. The molecule has 3 rings (SSSR count). The number of rotatable bonds is 3. The topological polar surface area (TPSA) is 109 Å². The first kappa shape index (κ1) is 16.0. The minimum Gasteiger partial charge on any atom is -0.481 e. The van der Waals surface area contributed by atoms with Gasteiger partial charge in [-0.1, -0.05) is 42.4 Å². The summed E-state index contributed by atoms with van der Waals surface area (Å²) in [5.74, 6) is -0.944. The molecular formula is C16H18N4O4. The fourth-order valence-corrected chi connectivity index (χ4v) is 2.85. The molecule has 0 aliphatic carbocycles. The quantitative estimate of drug-likeness (QED) is 0.894. The van der Waals surface area contributed by atoms with Gasteiger partial charge in [0, 0.05) is 18.7 Å². The molecule has 1 aliphatic heterocycles. The van der Waals surface area contributed by atoms with Crippen molar-refractivity contribution in [2.45, 2.75) is 13.3 Å². The second kappa shape index (κ2) is 6.69. The van der Waals surface area contributed by atoms with Crippen LogP contribution >= 0.6 is 0 Å². The van der Waals surface area contributed by atoms with Crippen LogP contribution in [-0.2, 0) is 4.79 Å². The van der Waals surface area contributed by atoms with Gasteiger partial charge in [-0.15, -0.1) is 0 Å². The number of nitrogens with one attached hydrogen (secondary N) is 1. The molecule has 24 heavy (non-hydrogen) atoms. The maximum absolute atomic E-state index is 12.3. The molecule has 2 atom stereocenters. The van der Waals surface area contributed by atoms with E-state index in [1.54, 1.807) is 0 Å². The van der Waals surface area contributed by atoms with E-state index in [2.05, 4.69) is 15.5 Å². The zero-order valence-corrected chi connectivity index (χ0v) is 13.2. The molecule has 2 unspecified atom stereocenters. The van der Waals surface area contributed by atoms with E-state index in [4.69, 9.17) is 4.52 Å². The summed E-state index contributed by atoms with van der Waals surface area (Å²) in [6.07, 6.45) is 0.567. The molecule has 1 aliphatic rings. The molecule has 8 nitrogen and oxygen atoms in total. The molecule has 1 aromatic heterocycles. The first-order valence-electron chi connectivity index (χ1n) is 7.71. The molecule has 0 spiro atoms. The van der Waals surface area contributed by atoms with Crippen LogP contribution in [0.15, 0.2) is 34.9 Å². The van der Waals surface area contributed by atoms with Gasteiger partial charge in [0.2, 0.25) is 5.82 Å². The SMILES string of the molecule is CC1CC(C(=O)O)CN(C(=O)Nc2nc(-c3ccccc3)no2)C1. The van der Waals surface area contributed by atoms with Crippen LogP contribution < -0.4 is 5.32 Å². The number of benzene rings is 1. The van der Waals surface area contributed by atoms with Gasteiger partial charge < -0.3 is 14.5 Å². The van der Waals surface area contributed by atoms with Crippen LogP contribution in [-0.4, -0.2) is 45.2 Å². The van der Waals surface area contributed by atoms with Gasteiger partial charge in [0.15, 0.2) is 0 Å². The molecule has 0 saturated carbocycles. The van der Waals surface area contributed by atoms with Gasteiger partial charge in [0.25, 0.3) is 0 Å². The second-order valence-corrected chi connectivity index (χ2v) is 6.00. The third-order valence-corrected chi connectivity index (χ3v) is 3.97. The number of carbonyl (C=O) groups excluding carboxylic acids is 1. The van der Waals surface area contributed by atoms with Gasteiger partial charge in [-0.05, 0) is 12.3 Å². The van der Waals surface area contributed by atoms with Gasteiger partial charge >= 0.3 is 18.0 Å². The number of hydrogen-bond acceptors (Lipinski definition) is 5. The van der Waals surface area contributed by atoms with Crippen LogP contribution in [0.5, 0.6) is 0 Å². The maximum atomic E-state index is 12.3. The van der Waals surface area contributed by atoms with Gasteiger partial charge in [-0.3, -0.25) is 10.1 Å². The summed E-state index contributed by atoms with van der Waals surface area (Å²) in [5, 5.41) is 15.5. The summed E-state index contributed by atoms with van der Waals surface area (Å²) < 4.78 is 5.05. The third-order valence-electron chi connectivity index (χ3n) is 3.97. The molecule has 1 fully saturated rings. The number of carboxylic acid groups (broad SMARTS) is 1. The van der Waals surface area contributed by atoms with Crippen molar-refractivity contribution in [3.8, 4) is 11.4 Å². The number of urea groups is 1. The number of aromatic nitrogens is 2. The lowest BCUT2D eigenvalue weighted by molar-refractivity contribution is -0.143. The zero-order valence-electron chi connectivity index (χ0n) is 13.2. The lowest BCUT2D eigenvalue weighted by Crippen LogP contribution is -2.47. The maximum Gasteiger partial charge on any atom is 0.329 e. The highest BCUT2D eigenvalue weighted by atomic mass is 16.5.